The zero-order valence-corrected chi connectivity index (χ0v) is 10.2. The Morgan fingerprint density at radius 2 is 2.40 bits per heavy atom. The van der Waals surface area contributed by atoms with Gasteiger partial charge in [0.2, 0.25) is 0 Å². The van der Waals surface area contributed by atoms with Gasteiger partial charge in [-0.15, -0.1) is 12.4 Å². The third-order valence-corrected chi connectivity index (χ3v) is 2.18. The van der Waals surface area contributed by atoms with Gasteiger partial charge in [-0.2, -0.15) is 0 Å². The monoisotopic (exact) mass is 230 g/mol. The van der Waals surface area contributed by atoms with Gasteiger partial charge in [0.05, 0.1) is 6.21 Å². The zero-order valence-electron chi connectivity index (χ0n) is 9.35. The first kappa shape index (κ1) is 14.2. The van der Waals surface area contributed by atoms with Crippen molar-refractivity contribution >= 4 is 18.6 Å². The number of nitrogens with zero attached hydrogens (tertiary/aromatic N) is 2. The summed E-state index contributed by atoms with van der Waals surface area (Å²) in [4.78, 5) is 7.04. The van der Waals surface area contributed by atoms with Gasteiger partial charge in [0, 0.05) is 19.6 Å². The fraction of sp³-hybridized carbons (Fsp3) is 0.545. The summed E-state index contributed by atoms with van der Waals surface area (Å²) in [5.41, 5.74) is 1.24. The molecule has 0 aliphatic carbocycles. The minimum atomic E-state index is 0. The molecular formula is C11H19ClN2O. The molecule has 0 amide bonds. The molecule has 1 aliphatic heterocycles. The van der Waals surface area contributed by atoms with Gasteiger partial charge >= 0.3 is 0 Å². The van der Waals surface area contributed by atoms with Gasteiger partial charge in [-0.25, -0.2) is 0 Å². The van der Waals surface area contributed by atoms with Crippen LogP contribution in [0.25, 0.3) is 0 Å². The van der Waals surface area contributed by atoms with Crippen LogP contribution in [0.3, 0.4) is 0 Å². The van der Waals surface area contributed by atoms with Gasteiger partial charge in [-0.1, -0.05) is 23.4 Å². The summed E-state index contributed by atoms with van der Waals surface area (Å²) in [6.07, 6.45) is 9.37. The first-order valence-corrected chi connectivity index (χ1v) is 4.96. The van der Waals surface area contributed by atoms with Crippen LogP contribution in [0.15, 0.2) is 29.0 Å². The molecule has 0 aromatic heterocycles. The molecule has 1 heterocycles. The maximum Gasteiger partial charge on any atom is 0.106 e. The first-order valence-electron chi connectivity index (χ1n) is 4.96. The maximum atomic E-state index is 4.66. The highest BCUT2D eigenvalue weighted by atomic mass is 35.5. The van der Waals surface area contributed by atoms with Crippen molar-refractivity contribution in [3.63, 3.8) is 0 Å². The SMILES string of the molecule is C/C=C/CN1CCC=C(/C=N/OC)C1.Cl. The Balaban J connectivity index is 0.00000196. The van der Waals surface area contributed by atoms with Gasteiger partial charge in [0.15, 0.2) is 0 Å². The van der Waals surface area contributed by atoms with Crippen molar-refractivity contribution in [3.05, 3.63) is 23.8 Å². The second-order valence-corrected chi connectivity index (χ2v) is 3.29. The molecule has 0 saturated carbocycles. The van der Waals surface area contributed by atoms with E-state index in [0.717, 1.165) is 26.1 Å². The van der Waals surface area contributed by atoms with E-state index in [-0.39, 0.29) is 12.4 Å². The van der Waals surface area contributed by atoms with E-state index >= 15 is 0 Å². The Morgan fingerprint density at radius 1 is 1.60 bits per heavy atom. The summed E-state index contributed by atoms with van der Waals surface area (Å²) < 4.78 is 0. The molecular weight excluding hydrogens is 212 g/mol. The van der Waals surface area contributed by atoms with Gasteiger partial charge in [-0.3, -0.25) is 4.90 Å². The third kappa shape index (κ3) is 5.60. The van der Waals surface area contributed by atoms with Crippen molar-refractivity contribution < 1.29 is 4.84 Å². The maximum absolute atomic E-state index is 4.66. The standard InChI is InChI=1S/C11H18N2O.ClH/c1-3-4-7-13-8-5-6-11(10-13)9-12-14-2;/h3-4,6,9H,5,7-8,10H2,1-2H3;1H/b4-3+,12-9+;. The molecule has 4 heteroatoms. The molecule has 0 aromatic carbocycles. The van der Waals surface area contributed by atoms with Crippen LogP contribution in [0.2, 0.25) is 0 Å². The van der Waals surface area contributed by atoms with E-state index in [1.54, 1.807) is 13.3 Å². The molecule has 86 valence electrons. The quantitative estimate of drug-likeness (QED) is 0.421. The van der Waals surface area contributed by atoms with Crippen LogP contribution in [-0.4, -0.2) is 37.9 Å². The molecule has 0 aromatic rings. The highest BCUT2D eigenvalue weighted by molar-refractivity contribution is 5.85. The lowest BCUT2D eigenvalue weighted by Crippen LogP contribution is -2.30. The van der Waals surface area contributed by atoms with Gasteiger partial charge < -0.3 is 4.84 Å². The normalized spacial score (nSPS) is 17.9. The van der Waals surface area contributed by atoms with Crippen molar-refractivity contribution in [1.29, 1.82) is 0 Å². The van der Waals surface area contributed by atoms with E-state index in [0.29, 0.717) is 0 Å². The molecule has 0 fully saturated rings. The smallest absolute Gasteiger partial charge is 0.106 e. The topological polar surface area (TPSA) is 24.8 Å². The summed E-state index contributed by atoms with van der Waals surface area (Å²) in [6, 6.07) is 0. The fourth-order valence-corrected chi connectivity index (χ4v) is 1.46. The number of oxime groups is 1. The lowest BCUT2D eigenvalue weighted by molar-refractivity contribution is 0.215. The molecule has 0 radical (unpaired) electrons. The highest BCUT2D eigenvalue weighted by Crippen LogP contribution is 2.07. The zero-order chi connectivity index (χ0) is 10.2. The van der Waals surface area contributed by atoms with Crippen LogP contribution in [0.5, 0.6) is 0 Å². The number of hydrogen-bond acceptors (Lipinski definition) is 3. The number of hydrogen-bond donors (Lipinski definition) is 0. The van der Waals surface area contributed by atoms with Crippen LogP contribution in [0.4, 0.5) is 0 Å². The molecule has 0 saturated heterocycles. The molecule has 0 bridgehead atoms. The molecule has 0 unspecified atom stereocenters. The van der Waals surface area contributed by atoms with Gasteiger partial charge in [-0.05, 0) is 18.9 Å². The predicted octanol–water partition coefficient (Wildman–Crippen LogP) is 2.25. The lowest BCUT2D eigenvalue weighted by Gasteiger charge is -2.24. The van der Waals surface area contributed by atoms with Crippen molar-refractivity contribution in [3.8, 4) is 0 Å². The predicted molar refractivity (Wildman–Crippen MR) is 66.7 cm³/mol. The Morgan fingerprint density at radius 3 is 3.07 bits per heavy atom. The molecule has 0 atom stereocenters. The van der Waals surface area contributed by atoms with Crippen LogP contribution < -0.4 is 0 Å². The van der Waals surface area contributed by atoms with E-state index in [1.807, 2.05) is 6.92 Å². The van der Waals surface area contributed by atoms with Crippen LogP contribution in [0.1, 0.15) is 13.3 Å². The van der Waals surface area contributed by atoms with E-state index in [2.05, 4.69) is 33.1 Å². The Kier molecular flexibility index (Phi) is 8.05. The molecule has 0 spiro atoms. The number of rotatable bonds is 4. The Hall–Kier alpha value is -0.800. The fourth-order valence-electron chi connectivity index (χ4n) is 1.46. The van der Waals surface area contributed by atoms with Crippen molar-refractivity contribution in [2.45, 2.75) is 13.3 Å². The highest BCUT2D eigenvalue weighted by Gasteiger charge is 2.09. The molecule has 3 nitrogen and oxygen atoms in total. The van der Waals surface area contributed by atoms with E-state index in [9.17, 15) is 0 Å². The molecule has 15 heavy (non-hydrogen) atoms. The number of halogens is 1. The second-order valence-electron chi connectivity index (χ2n) is 3.29. The molecule has 1 rings (SSSR count). The second kappa shape index (κ2) is 8.50. The first-order chi connectivity index (χ1) is 6.86. The van der Waals surface area contributed by atoms with Crippen molar-refractivity contribution in [1.82, 2.24) is 4.90 Å². The number of allylic oxidation sites excluding steroid dienone is 1. The minimum absolute atomic E-state index is 0. The van der Waals surface area contributed by atoms with Crippen molar-refractivity contribution in [2.24, 2.45) is 5.16 Å². The van der Waals surface area contributed by atoms with Crippen LogP contribution >= 0.6 is 12.4 Å². The summed E-state index contributed by atoms with van der Waals surface area (Å²) in [6.45, 7) is 5.17. The van der Waals surface area contributed by atoms with E-state index < -0.39 is 0 Å². The largest absolute Gasteiger partial charge is 0.399 e. The van der Waals surface area contributed by atoms with Crippen LogP contribution in [-0.2, 0) is 4.84 Å². The van der Waals surface area contributed by atoms with Gasteiger partial charge in [0.25, 0.3) is 0 Å². The summed E-state index contributed by atoms with van der Waals surface area (Å²) >= 11 is 0. The van der Waals surface area contributed by atoms with Gasteiger partial charge in [0.1, 0.15) is 7.11 Å². The van der Waals surface area contributed by atoms with Crippen LogP contribution in [0, 0.1) is 0 Å². The summed E-state index contributed by atoms with van der Waals surface area (Å²) in [7, 11) is 1.57. The Bertz CT molecular complexity index is 249. The summed E-state index contributed by atoms with van der Waals surface area (Å²) in [5.74, 6) is 0. The molecule has 0 N–H and O–H groups in total. The third-order valence-electron chi connectivity index (χ3n) is 2.18. The molecule has 1 aliphatic rings. The van der Waals surface area contributed by atoms with Crippen molar-refractivity contribution in [2.75, 3.05) is 26.7 Å². The summed E-state index contributed by atoms with van der Waals surface area (Å²) in [5, 5.41) is 3.77. The average molecular weight is 231 g/mol. The van der Waals surface area contributed by atoms with E-state index in [4.69, 9.17) is 0 Å². The lowest BCUT2D eigenvalue weighted by atomic mass is 10.1. The Labute approximate surface area is 97.9 Å². The average Bonchev–Trinajstić information content (AvgIpc) is 2.24. The van der Waals surface area contributed by atoms with E-state index in [1.165, 1.54) is 5.57 Å². The minimum Gasteiger partial charge on any atom is -0.399 e.